The molecule has 1 fully saturated rings. The lowest BCUT2D eigenvalue weighted by atomic mass is 10.2. The minimum absolute atomic E-state index is 0.138. The number of rotatable bonds is 7. The molecule has 2 N–H and O–H groups in total. The SMILES string of the molecule is Cc1ccc(Cl)cc1NC(=O)CNc1cccc(OCC2CCCO2)c1. The van der Waals surface area contributed by atoms with E-state index in [1.54, 1.807) is 12.1 Å². The topological polar surface area (TPSA) is 59.6 Å². The number of halogens is 1. The lowest BCUT2D eigenvalue weighted by Crippen LogP contribution is -2.22. The minimum Gasteiger partial charge on any atom is -0.491 e. The Bertz CT molecular complexity index is 760. The number of benzene rings is 2. The maximum absolute atomic E-state index is 12.2. The summed E-state index contributed by atoms with van der Waals surface area (Å²) >= 11 is 5.98. The molecule has 2 aromatic rings. The van der Waals surface area contributed by atoms with E-state index in [0.717, 1.165) is 42.1 Å². The van der Waals surface area contributed by atoms with Gasteiger partial charge in [-0.15, -0.1) is 0 Å². The molecule has 1 atom stereocenters. The third-order valence-corrected chi connectivity index (χ3v) is 4.46. The van der Waals surface area contributed by atoms with Crippen LogP contribution in [0.15, 0.2) is 42.5 Å². The Morgan fingerprint density at radius 1 is 1.31 bits per heavy atom. The van der Waals surface area contributed by atoms with Gasteiger partial charge in [0, 0.05) is 29.1 Å². The fourth-order valence-corrected chi connectivity index (χ4v) is 2.94. The highest BCUT2D eigenvalue weighted by molar-refractivity contribution is 6.31. The van der Waals surface area contributed by atoms with Crippen LogP contribution >= 0.6 is 11.6 Å². The van der Waals surface area contributed by atoms with Crippen LogP contribution in [0.25, 0.3) is 0 Å². The summed E-state index contributed by atoms with van der Waals surface area (Å²) in [6.45, 7) is 3.45. The first kappa shape index (κ1) is 18.5. The summed E-state index contributed by atoms with van der Waals surface area (Å²) in [5.74, 6) is 0.623. The number of carbonyl (C=O) groups is 1. The molecule has 0 spiro atoms. The summed E-state index contributed by atoms with van der Waals surface area (Å²) in [5.41, 5.74) is 2.51. The number of aryl methyl sites for hydroxylation is 1. The molecule has 3 rings (SSSR count). The monoisotopic (exact) mass is 374 g/mol. The van der Waals surface area contributed by atoms with Gasteiger partial charge < -0.3 is 20.1 Å². The second kappa shape index (κ2) is 8.92. The van der Waals surface area contributed by atoms with Gasteiger partial charge in [0.15, 0.2) is 0 Å². The van der Waals surface area contributed by atoms with Crippen molar-refractivity contribution in [2.75, 3.05) is 30.4 Å². The zero-order chi connectivity index (χ0) is 18.4. The Morgan fingerprint density at radius 3 is 3.00 bits per heavy atom. The average molecular weight is 375 g/mol. The van der Waals surface area contributed by atoms with E-state index in [2.05, 4.69) is 10.6 Å². The molecular weight excluding hydrogens is 352 g/mol. The fourth-order valence-electron chi connectivity index (χ4n) is 2.77. The summed E-state index contributed by atoms with van der Waals surface area (Å²) < 4.78 is 11.3. The average Bonchev–Trinajstić information content (AvgIpc) is 3.15. The van der Waals surface area contributed by atoms with E-state index in [0.29, 0.717) is 11.6 Å². The zero-order valence-electron chi connectivity index (χ0n) is 14.8. The molecule has 1 aliphatic rings. The number of ether oxygens (including phenoxy) is 2. The Kier molecular flexibility index (Phi) is 6.36. The summed E-state index contributed by atoms with van der Waals surface area (Å²) in [4.78, 5) is 12.2. The van der Waals surface area contributed by atoms with Crippen molar-refractivity contribution in [3.05, 3.63) is 53.1 Å². The summed E-state index contributed by atoms with van der Waals surface area (Å²) in [5, 5.41) is 6.57. The summed E-state index contributed by atoms with van der Waals surface area (Å²) in [6, 6.07) is 13.0. The molecule has 0 bridgehead atoms. The number of anilines is 2. The molecule has 0 radical (unpaired) electrons. The molecule has 5 nitrogen and oxygen atoms in total. The lowest BCUT2D eigenvalue weighted by Gasteiger charge is -2.13. The molecule has 0 aromatic heterocycles. The van der Waals surface area contributed by atoms with Crippen molar-refractivity contribution in [2.24, 2.45) is 0 Å². The minimum atomic E-state index is -0.138. The largest absolute Gasteiger partial charge is 0.491 e. The predicted molar refractivity (Wildman–Crippen MR) is 104 cm³/mol. The second-order valence-corrected chi connectivity index (χ2v) is 6.77. The fraction of sp³-hybridized carbons (Fsp3) is 0.350. The highest BCUT2D eigenvalue weighted by Crippen LogP contribution is 2.21. The molecular formula is C20H23ClN2O3. The highest BCUT2D eigenvalue weighted by atomic mass is 35.5. The number of carbonyl (C=O) groups excluding carboxylic acids is 1. The molecule has 2 aromatic carbocycles. The normalized spacial score (nSPS) is 16.3. The number of nitrogens with one attached hydrogen (secondary N) is 2. The van der Waals surface area contributed by atoms with E-state index in [1.165, 1.54) is 0 Å². The molecule has 1 aliphatic heterocycles. The van der Waals surface area contributed by atoms with Gasteiger partial charge >= 0.3 is 0 Å². The van der Waals surface area contributed by atoms with Crippen LogP contribution in [0.2, 0.25) is 5.02 Å². The van der Waals surface area contributed by atoms with E-state index < -0.39 is 0 Å². The quantitative estimate of drug-likeness (QED) is 0.760. The van der Waals surface area contributed by atoms with E-state index in [-0.39, 0.29) is 18.6 Å². The Balaban J connectivity index is 1.49. The van der Waals surface area contributed by atoms with Crippen LogP contribution < -0.4 is 15.4 Å². The number of hydrogen-bond donors (Lipinski definition) is 2. The van der Waals surface area contributed by atoms with Gasteiger partial charge in [0.05, 0.1) is 12.6 Å². The van der Waals surface area contributed by atoms with Gasteiger partial charge in [-0.3, -0.25) is 4.79 Å². The Morgan fingerprint density at radius 2 is 2.19 bits per heavy atom. The third-order valence-electron chi connectivity index (χ3n) is 4.22. The van der Waals surface area contributed by atoms with Crippen LogP contribution in [0.1, 0.15) is 18.4 Å². The first-order valence-electron chi connectivity index (χ1n) is 8.74. The third kappa shape index (κ3) is 5.38. The van der Waals surface area contributed by atoms with Gasteiger partial charge in [-0.25, -0.2) is 0 Å². The first-order chi connectivity index (χ1) is 12.6. The molecule has 1 saturated heterocycles. The van der Waals surface area contributed by atoms with E-state index in [9.17, 15) is 4.79 Å². The molecule has 1 unspecified atom stereocenters. The summed E-state index contributed by atoms with van der Waals surface area (Å²) in [6.07, 6.45) is 2.32. The standard InChI is InChI=1S/C20H23ClN2O3/c1-14-7-8-15(21)10-19(14)23-20(24)12-22-16-4-2-5-17(11-16)26-13-18-6-3-9-25-18/h2,4-5,7-8,10-11,18,22H,3,6,9,12-13H2,1H3,(H,23,24). The summed E-state index contributed by atoms with van der Waals surface area (Å²) in [7, 11) is 0. The van der Waals surface area contributed by atoms with Crippen LogP contribution in [-0.2, 0) is 9.53 Å². The smallest absolute Gasteiger partial charge is 0.243 e. The molecule has 138 valence electrons. The van der Waals surface area contributed by atoms with E-state index in [4.69, 9.17) is 21.1 Å². The van der Waals surface area contributed by atoms with Crippen LogP contribution in [0, 0.1) is 6.92 Å². The Hall–Kier alpha value is -2.24. The van der Waals surface area contributed by atoms with Gasteiger partial charge in [-0.05, 0) is 49.6 Å². The van der Waals surface area contributed by atoms with Crippen molar-refractivity contribution in [1.82, 2.24) is 0 Å². The van der Waals surface area contributed by atoms with Crippen LogP contribution in [-0.4, -0.2) is 31.8 Å². The van der Waals surface area contributed by atoms with Crippen molar-refractivity contribution >= 4 is 28.9 Å². The van der Waals surface area contributed by atoms with Crippen LogP contribution in [0.3, 0.4) is 0 Å². The van der Waals surface area contributed by atoms with Crippen LogP contribution in [0.5, 0.6) is 5.75 Å². The van der Waals surface area contributed by atoms with Gasteiger partial charge in [0.25, 0.3) is 0 Å². The van der Waals surface area contributed by atoms with Gasteiger partial charge in [0.1, 0.15) is 12.4 Å². The van der Waals surface area contributed by atoms with E-state index in [1.807, 2.05) is 37.3 Å². The molecule has 1 amide bonds. The predicted octanol–water partition coefficient (Wildman–Crippen LogP) is 4.26. The van der Waals surface area contributed by atoms with Crippen molar-refractivity contribution in [3.8, 4) is 5.75 Å². The van der Waals surface area contributed by atoms with Gasteiger partial charge in [-0.2, -0.15) is 0 Å². The van der Waals surface area contributed by atoms with Gasteiger partial charge in [-0.1, -0.05) is 23.7 Å². The van der Waals surface area contributed by atoms with Crippen LogP contribution in [0.4, 0.5) is 11.4 Å². The number of amides is 1. The molecule has 26 heavy (non-hydrogen) atoms. The number of hydrogen-bond acceptors (Lipinski definition) is 4. The lowest BCUT2D eigenvalue weighted by molar-refractivity contribution is -0.114. The van der Waals surface area contributed by atoms with E-state index >= 15 is 0 Å². The molecule has 1 heterocycles. The maximum Gasteiger partial charge on any atom is 0.243 e. The Labute approximate surface area is 158 Å². The molecule has 6 heteroatoms. The second-order valence-electron chi connectivity index (χ2n) is 6.33. The highest BCUT2D eigenvalue weighted by Gasteiger charge is 2.16. The van der Waals surface area contributed by atoms with Crippen molar-refractivity contribution in [3.63, 3.8) is 0 Å². The van der Waals surface area contributed by atoms with Crippen molar-refractivity contribution in [1.29, 1.82) is 0 Å². The molecule has 0 aliphatic carbocycles. The first-order valence-corrected chi connectivity index (χ1v) is 9.12. The zero-order valence-corrected chi connectivity index (χ0v) is 15.5. The molecule has 0 saturated carbocycles. The maximum atomic E-state index is 12.2. The van der Waals surface area contributed by atoms with Crippen molar-refractivity contribution in [2.45, 2.75) is 25.9 Å². The van der Waals surface area contributed by atoms with Gasteiger partial charge in [0.2, 0.25) is 5.91 Å². The van der Waals surface area contributed by atoms with Crippen molar-refractivity contribution < 1.29 is 14.3 Å².